The van der Waals surface area contributed by atoms with E-state index in [0.717, 1.165) is 35.1 Å². The lowest BCUT2D eigenvalue weighted by molar-refractivity contribution is 0.310. The van der Waals surface area contributed by atoms with Crippen LogP contribution in [-0.2, 0) is 10.0 Å². The van der Waals surface area contributed by atoms with Crippen molar-refractivity contribution >= 4 is 48.9 Å². The minimum Gasteiger partial charge on any atom is -0.210 e. The highest BCUT2D eigenvalue weighted by molar-refractivity contribution is 9.09. The van der Waals surface area contributed by atoms with Crippen molar-refractivity contribution in [3.05, 3.63) is 16.0 Å². The van der Waals surface area contributed by atoms with Crippen LogP contribution in [0, 0.1) is 12.3 Å². The van der Waals surface area contributed by atoms with Gasteiger partial charge in [-0.15, -0.1) is 11.3 Å². The molecule has 1 aromatic heterocycles. The number of halogens is 2. The molecule has 0 saturated heterocycles. The molecule has 0 aliphatic heterocycles. The van der Waals surface area contributed by atoms with Crippen LogP contribution in [0.1, 0.15) is 32.3 Å². The van der Waals surface area contributed by atoms with Crippen LogP contribution in [0.25, 0.3) is 0 Å². The molecule has 0 atom stereocenters. The van der Waals surface area contributed by atoms with Gasteiger partial charge in [-0.3, -0.25) is 0 Å². The highest BCUT2D eigenvalue weighted by Crippen LogP contribution is 2.32. The molecule has 0 radical (unpaired) electrons. The number of rotatable bonds is 7. The van der Waals surface area contributed by atoms with Gasteiger partial charge in [0.05, 0.1) is 4.34 Å². The maximum Gasteiger partial charge on any atom is 0.250 e. The summed E-state index contributed by atoms with van der Waals surface area (Å²) in [5.41, 5.74) is 0.758. The van der Waals surface area contributed by atoms with Crippen molar-refractivity contribution in [2.24, 2.45) is 5.41 Å². The predicted molar refractivity (Wildman–Crippen MR) is 86.1 cm³/mol. The normalized spacial score (nSPS) is 12.9. The van der Waals surface area contributed by atoms with Gasteiger partial charge in [-0.05, 0) is 36.8 Å². The zero-order valence-corrected chi connectivity index (χ0v) is 15.3. The fraction of sp³-hybridized carbons (Fsp3) is 0.667. The van der Waals surface area contributed by atoms with Crippen molar-refractivity contribution < 1.29 is 8.42 Å². The standard InChI is InChI=1S/C12H19BrClNO2S2/c1-4-12(5-2,7-13)8-15-19(16,17)10-6-9(3)11(14)18-10/h6,15H,4-5,7-8H2,1-3H3. The molecular formula is C12H19BrClNO2S2. The quantitative estimate of drug-likeness (QED) is 0.712. The van der Waals surface area contributed by atoms with E-state index in [4.69, 9.17) is 11.6 Å². The summed E-state index contributed by atoms with van der Waals surface area (Å²) >= 11 is 10.5. The minimum absolute atomic E-state index is 0.0385. The Bertz CT molecular complexity index is 496. The maximum atomic E-state index is 12.2. The van der Waals surface area contributed by atoms with E-state index in [0.29, 0.717) is 10.9 Å². The summed E-state index contributed by atoms with van der Waals surface area (Å²) in [5.74, 6) is 0. The Morgan fingerprint density at radius 1 is 1.42 bits per heavy atom. The summed E-state index contributed by atoms with van der Waals surface area (Å²) in [6.45, 7) is 6.39. The van der Waals surface area contributed by atoms with Gasteiger partial charge in [0.25, 0.3) is 0 Å². The molecule has 1 aromatic rings. The number of hydrogen-bond acceptors (Lipinski definition) is 3. The average Bonchev–Trinajstić information content (AvgIpc) is 2.73. The van der Waals surface area contributed by atoms with Gasteiger partial charge in [-0.1, -0.05) is 41.4 Å². The number of aryl methyl sites for hydroxylation is 1. The summed E-state index contributed by atoms with van der Waals surface area (Å²) in [6, 6.07) is 1.61. The van der Waals surface area contributed by atoms with Crippen molar-refractivity contribution in [3.8, 4) is 0 Å². The molecule has 1 heterocycles. The van der Waals surface area contributed by atoms with E-state index in [1.807, 2.05) is 0 Å². The predicted octanol–water partition coefficient (Wildman–Crippen LogP) is 4.19. The van der Waals surface area contributed by atoms with Crippen LogP contribution in [0.4, 0.5) is 0 Å². The van der Waals surface area contributed by atoms with E-state index < -0.39 is 10.0 Å². The molecule has 0 bridgehead atoms. The van der Waals surface area contributed by atoms with E-state index in [-0.39, 0.29) is 9.62 Å². The number of alkyl halides is 1. The molecule has 19 heavy (non-hydrogen) atoms. The Hall–Kier alpha value is 0.380. The number of sulfonamides is 1. The summed E-state index contributed by atoms with van der Waals surface area (Å²) in [4.78, 5) is 0. The Balaban J connectivity index is 2.86. The second-order valence-corrected chi connectivity index (χ2v) is 8.90. The largest absolute Gasteiger partial charge is 0.250 e. The molecule has 0 aliphatic carbocycles. The van der Waals surface area contributed by atoms with Crippen molar-refractivity contribution in [3.63, 3.8) is 0 Å². The molecule has 1 rings (SSSR count). The van der Waals surface area contributed by atoms with Crippen molar-refractivity contribution in [1.29, 1.82) is 0 Å². The van der Waals surface area contributed by atoms with Crippen molar-refractivity contribution in [2.75, 3.05) is 11.9 Å². The molecule has 0 aliphatic rings. The zero-order valence-electron chi connectivity index (χ0n) is 11.3. The van der Waals surface area contributed by atoms with E-state index in [2.05, 4.69) is 34.5 Å². The van der Waals surface area contributed by atoms with Crippen LogP contribution in [-0.4, -0.2) is 20.3 Å². The van der Waals surface area contributed by atoms with Crippen LogP contribution in [0.3, 0.4) is 0 Å². The van der Waals surface area contributed by atoms with Crippen LogP contribution < -0.4 is 4.72 Å². The third-order valence-corrected chi connectivity index (χ3v) is 8.14. The van der Waals surface area contributed by atoms with E-state index in [9.17, 15) is 8.42 Å². The maximum absolute atomic E-state index is 12.2. The van der Waals surface area contributed by atoms with Gasteiger partial charge in [0, 0.05) is 11.9 Å². The Labute approximate surface area is 132 Å². The number of nitrogens with one attached hydrogen (secondary N) is 1. The van der Waals surface area contributed by atoms with Crippen LogP contribution in [0.2, 0.25) is 4.34 Å². The molecule has 0 unspecified atom stereocenters. The lowest BCUT2D eigenvalue weighted by atomic mass is 9.85. The molecule has 110 valence electrons. The van der Waals surface area contributed by atoms with E-state index in [1.54, 1.807) is 13.0 Å². The molecule has 0 fully saturated rings. The Morgan fingerprint density at radius 2 is 2.00 bits per heavy atom. The molecule has 0 amide bonds. The van der Waals surface area contributed by atoms with Crippen LogP contribution in [0.15, 0.2) is 10.3 Å². The van der Waals surface area contributed by atoms with Crippen LogP contribution in [0.5, 0.6) is 0 Å². The van der Waals surface area contributed by atoms with Crippen molar-refractivity contribution in [2.45, 2.75) is 37.8 Å². The first kappa shape index (κ1) is 17.4. The summed E-state index contributed by atoms with van der Waals surface area (Å²) in [6.07, 6.45) is 1.84. The fourth-order valence-corrected chi connectivity index (χ4v) is 5.52. The van der Waals surface area contributed by atoms with Gasteiger partial charge in [0.1, 0.15) is 4.21 Å². The smallest absolute Gasteiger partial charge is 0.210 e. The molecular weight excluding hydrogens is 370 g/mol. The monoisotopic (exact) mass is 387 g/mol. The minimum atomic E-state index is -3.46. The molecule has 0 spiro atoms. The Kier molecular flexibility index (Phi) is 6.32. The van der Waals surface area contributed by atoms with Gasteiger partial charge < -0.3 is 0 Å². The highest BCUT2D eigenvalue weighted by atomic mass is 79.9. The first-order valence-corrected chi connectivity index (χ1v) is 9.91. The summed E-state index contributed by atoms with van der Waals surface area (Å²) in [5, 5.41) is 0.778. The fourth-order valence-electron chi connectivity index (χ4n) is 1.62. The van der Waals surface area contributed by atoms with Crippen LogP contribution >= 0.6 is 38.9 Å². The third kappa shape index (κ3) is 4.17. The van der Waals surface area contributed by atoms with Gasteiger partial charge in [0.2, 0.25) is 10.0 Å². The lowest BCUT2D eigenvalue weighted by Gasteiger charge is -2.29. The lowest BCUT2D eigenvalue weighted by Crippen LogP contribution is -2.37. The topological polar surface area (TPSA) is 46.2 Å². The highest BCUT2D eigenvalue weighted by Gasteiger charge is 2.28. The van der Waals surface area contributed by atoms with E-state index in [1.165, 1.54) is 0 Å². The third-order valence-electron chi connectivity index (χ3n) is 3.52. The van der Waals surface area contributed by atoms with Crippen molar-refractivity contribution in [1.82, 2.24) is 4.72 Å². The Morgan fingerprint density at radius 3 is 2.37 bits per heavy atom. The van der Waals surface area contributed by atoms with Gasteiger partial charge in [0.15, 0.2) is 0 Å². The molecule has 0 aromatic carbocycles. The van der Waals surface area contributed by atoms with Gasteiger partial charge in [-0.2, -0.15) is 0 Å². The number of hydrogen-bond donors (Lipinski definition) is 1. The SMILES string of the molecule is CCC(CC)(CBr)CNS(=O)(=O)c1cc(C)c(Cl)s1. The van der Waals surface area contributed by atoms with Gasteiger partial charge >= 0.3 is 0 Å². The van der Waals surface area contributed by atoms with Gasteiger partial charge in [-0.25, -0.2) is 13.1 Å². The molecule has 0 saturated carbocycles. The second-order valence-electron chi connectivity index (χ2n) is 4.69. The first-order chi connectivity index (χ1) is 8.80. The van der Waals surface area contributed by atoms with E-state index >= 15 is 0 Å². The summed E-state index contributed by atoms with van der Waals surface area (Å²) < 4.78 is 27.9. The molecule has 7 heteroatoms. The average molecular weight is 389 g/mol. The zero-order chi connectivity index (χ0) is 14.7. The molecule has 3 nitrogen and oxygen atoms in total. The second kappa shape index (κ2) is 6.89. The first-order valence-electron chi connectivity index (χ1n) is 6.12. The molecule has 1 N–H and O–H groups in total. The number of thiophene rings is 1. The summed E-state index contributed by atoms with van der Waals surface area (Å²) in [7, 11) is -3.46.